The number of amides is 1. The van der Waals surface area contributed by atoms with Gasteiger partial charge in [0.05, 0.1) is 5.92 Å². The van der Waals surface area contributed by atoms with Gasteiger partial charge in [0.2, 0.25) is 5.91 Å². The second kappa shape index (κ2) is 11.1. The number of nitrogens with two attached hydrogens (primary N) is 1. The molecule has 0 aromatic carbocycles. The van der Waals surface area contributed by atoms with Crippen LogP contribution in [0.5, 0.6) is 0 Å². The van der Waals surface area contributed by atoms with Gasteiger partial charge >= 0.3 is 0 Å². The fourth-order valence-corrected chi connectivity index (χ4v) is 2.02. The number of carbonyl (C=O) groups excluding carboxylic acids is 1. The zero-order valence-corrected chi connectivity index (χ0v) is 12.0. The number of carbonyl (C=O) groups is 1. The zero-order valence-electron chi connectivity index (χ0n) is 10.4. The van der Waals surface area contributed by atoms with Gasteiger partial charge in [0.15, 0.2) is 0 Å². The molecule has 0 saturated heterocycles. The molecule has 2 unspecified atom stereocenters. The Bertz CT molecular complexity index is 205. The molecule has 17 heavy (non-hydrogen) atoms. The normalized spacial score (nSPS) is 22.5. The Hall–Kier alpha value is -0.0300. The molecule has 6 heteroatoms. The molecule has 0 bridgehead atoms. The molecule has 1 fully saturated rings. The molecule has 0 heterocycles. The molecule has 104 valence electrons. The number of hydrogen-bond acceptors (Lipinski definition) is 3. The minimum Gasteiger partial charge on any atom is -0.355 e. The Morgan fingerprint density at radius 1 is 1.24 bits per heavy atom. The van der Waals surface area contributed by atoms with Crippen LogP contribution in [0.15, 0.2) is 0 Å². The molecule has 1 amide bonds. The van der Waals surface area contributed by atoms with Gasteiger partial charge in [-0.25, -0.2) is 0 Å². The van der Waals surface area contributed by atoms with Gasteiger partial charge in [0, 0.05) is 19.1 Å². The molecule has 1 saturated carbocycles. The highest BCUT2D eigenvalue weighted by atomic mass is 35.5. The van der Waals surface area contributed by atoms with Crippen LogP contribution in [0.3, 0.4) is 0 Å². The fourth-order valence-electron chi connectivity index (χ4n) is 2.02. The van der Waals surface area contributed by atoms with E-state index >= 15 is 0 Å². The molecule has 1 aliphatic rings. The molecule has 1 aliphatic carbocycles. The van der Waals surface area contributed by atoms with Gasteiger partial charge in [0.25, 0.3) is 0 Å². The van der Waals surface area contributed by atoms with Gasteiger partial charge in [-0.15, -0.1) is 24.8 Å². The van der Waals surface area contributed by atoms with Gasteiger partial charge in [-0.05, 0) is 25.8 Å². The summed E-state index contributed by atoms with van der Waals surface area (Å²) in [5, 5.41) is 6.18. The molecule has 0 spiro atoms. The zero-order chi connectivity index (χ0) is 11.1. The topological polar surface area (TPSA) is 67.1 Å². The average molecular weight is 286 g/mol. The monoisotopic (exact) mass is 285 g/mol. The Morgan fingerprint density at radius 3 is 2.47 bits per heavy atom. The van der Waals surface area contributed by atoms with E-state index in [9.17, 15) is 4.79 Å². The van der Waals surface area contributed by atoms with Crippen LogP contribution in [0.25, 0.3) is 0 Å². The first-order valence-electron chi connectivity index (χ1n) is 5.99. The average Bonchev–Trinajstić information content (AvgIpc) is 2.64. The third-order valence-corrected chi connectivity index (χ3v) is 2.93. The fraction of sp³-hybridized carbons (Fsp3) is 0.909. The highest BCUT2D eigenvalue weighted by Gasteiger charge is 2.29. The first-order valence-corrected chi connectivity index (χ1v) is 5.99. The summed E-state index contributed by atoms with van der Waals surface area (Å²) in [7, 11) is 0. The van der Waals surface area contributed by atoms with Crippen molar-refractivity contribution in [2.45, 2.75) is 38.6 Å². The molecule has 4 nitrogen and oxygen atoms in total. The van der Waals surface area contributed by atoms with E-state index in [0.717, 1.165) is 38.8 Å². The predicted octanol–water partition coefficient (Wildman–Crippen LogP) is 1.07. The summed E-state index contributed by atoms with van der Waals surface area (Å²) in [6, 6.07) is 0.0774. The van der Waals surface area contributed by atoms with Crippen LogP contribution in [-0.4, -0.2) is 31.6 Å². The number of halogens is 2. The maximum atomic E-state index is 11.7. The van der Waals surface area contributed by atoms with Crippen molar-refractivity contribution < 1.29 is 4.79 Å². The van der Waals surface area contributed by atoms with Crippen molar-refractivity contribution in [2.24, 2.45) is 11.7 Å². The van der Waals surface area contributed by atoms with Crippen LogP contribution >= 0.6 is 24.8 Å². The molecule has 0 radical (unpaired) electrons. The summed E-state index contributed by atoms with van der Waals surface area (Å²) in [4.78, 5) is 11.7. The molecular weight excluding hydrogens is 261 g/mol. The van der Waals surface area contributed by atoms with E-state index in [1.54, 1.807) is 0 Å². The molecule has 0 aromatic rings. The van der Waals surface area contributed by atoms with Crippen molar-refractivity contribution in [1.82, 2.24) is 10.6 Å². The smallest absolute Gasteiger partial charge is 0.224 e. The van der Waals surface area contributed by atoms with E-state index < -0.39 is 0 Å². The van der Waals surface area contributed by atoms with Crippen molar-refractivity contribution in [1.29, 1.82) is 0 Å². The van der Waals surface area contributed by atoms with Gasteiger partial charge < -0.3 is 16.4 Å². The number of rotatable bonds is 6. The Balaban J connectivity index is 0. The third kappa shape index (κ3) is 7.09. The highest BCUT2D eigenvalue weighted by Crippen LogP contribution is 2.23. The third-order valence-electron chi connectivity index (χ3n) is 2.93. The molecular formula is C11H25Cl2N3O. The summed E-state index contributed by atoms with van der Waals surface area (Å²) in [5.41, 5.74) is 5.86. The maximum Gasteiger partial charge on any atom is 0.224 e. The summed E-state index contributed by atoms with van der Waals surface area (Å²) >= 11 is 0. The van der Waals surface area contributed by atoms with Crippen LogP contribution in [0.2, 0.25) is 0 Å². The van der Waals surface area contributed by atoms with Crippen molar-refractivity contribution in [3.05, 3.63) is 0 Å². The van der Waals surface area contributed by atoms with E-state index in [0.29, 0.717) is 6.54 Å². The minimum absolute atomic E-state index is 0. The first-order chi connectivity index (χ1) is 7.25. The van der Waals surface area contributed by atoms with Crippen molar-refractivity contribution in [3.8, 4) is 0 Å². The van der Waals surface area contributed by atoms with Gasteiger partial charge in [-0.3, -0.25) is 4.79 Å². The van der Waals surface area contributed by atoms with Crippen LogP contribution < -0.4 is 16.4 Å². The summed E-state index contributed by atoms with van der Waals surface area (Å²) < 4.78 is 0. The lowest BCUT2D eigenvalue weighted by atomic mass is 10.0. The van der Waals surface area contributed by atoms with E-state index in [1.807, 2.05) is 0 Å². The van der Waals surface area contributed by atoms with Crippen LogP contribution in [-0.2, 0) is 4.79 Å². The Labute approximate surface area is 116 Å². The van der Waals surface area contributed by atoms with Crippen LogP contribution in [0.1, 0.15) is 32.6 Å². The van der Waals surface area contributed by atoms with Crippen molar-refractivity contribution in [2.75, 3.05) is 19.6 Å². The van der Waals surface area contributed by atoms with E-state index in [4.69, 9.17) is 5.73 Å². The Morgan fingerprint density at radius 2 is 1.94 bits per heavy atom. The largest absolute Gasteiger partial charge is 0.355 e. The predicted molar refractivity (Wildman–Crippen MR) is 76.0 cm³/mol. The highest BCUT2D eigenvalue weighted by molar-refractivity contribution is 5.85. The Kier molecular flexibility index (Phi) is 12.6. The van der Waals surface area contributed by atoms with E-state index in [-0.39, 0.29) is 42.7 Å². The molecule has 2 atom stereocenters. The summed E-state index contributed by atoms with van der Waals surface area (Å²) in [6.45, 7) is 4.70. The quantitative estimate of drug-likeness (QED) is 0.640. The number of hydrogen-bond donors (Lipinski definition) is 3. The molecule has 0 aromatic heterocycles. The van der Waals surface area contributed by atoms with E-state index in [2.05, 4.69) is 17.6 Å². The van der Waals surface area contributed by atoms with E-state index in [1.165, 1.54) is 0 Å². The van der Waals surface area contributed by atoms with Crippen molar-refractivity contribution in [3.63, 3.8) is 0 Å². The second-order valence-corrected chi connectivity index (χ2v) is 4.24. The second-order valence-electron chi connectivity index (χ2n) is 4.24. The van der Waals surface area contributed by atoms with Gasteiger partial charge in [0.1, 0.15) is 0 Å². The van der Waals surface area contributed by atoms with Gasteiger partial charge in [-0.1, -0.05) is 13.3 Å². The molecule has 0 aliphatic heterocycles. The maximum absolute atomic E-state index is 11.7. The lowest BCUT2D eigenvalue weighted by Gasteiger charge is -2.15. The summed E-state index contributed by atoms with van der Waals surface area (Å²) in [5.74, 6) is 0.189. The molecule has 1 rings (SSSR count). The summed E-state index contributed by atoms with van der Waals surface area (Å²) in [6.07, 6.45) is 4.16. The first kappa shape index (κ1) is 19.3. The van der Waals surface area contributed by atoms with Crippen molar-refractivity contribution >= 4 is 30.7 Å². The molecule has 4 N–H and O–H groups in total. The lowest BCUT2D eigenvalue weighted by Crippen LogP contribution is -2.41. The number of nitrogens with one attached hydrogen (secondary N) is 2. The minimum atomic E-state index is 0. The van der Waals surface area contributed by atoms with Crippen LogP contribution in [0.4, 0.5) is 0 Å². The standard InChI is InChI=1S/C11H23N3O.2ClH/c1-2-6-13-7-8-14-11(15)9-4-3-5-10(9)12;;/h9-10,13H,2-8,12H2,1H3,(H,14,15);2*1H. The van der Waals surface area contributed by atoms with Gasteiger partial charge in [-0.2, -0.15) is 0 Å². The van der Waals surface area contributed by atoms with Crippen LogP contribution in [0, 0.1) is 5.92 Å². The lowest BCUT2D eigenvalue weighted by molar-refractivity contribution is -0.125. The SMILES string of the molecule is CCCNCCNC(=O)C1CCCC1N.Cl.Cl.